The maximum Gasteiger partial charge on any atom is 0.319 e. The SMILES string of the molecule is COc1ccc(NC(=O)NCC(OC)c2ccccc2C)c(OC)c1. The molecule has 0 radical (unpaired) electrons. The molecule has 1 unspecified atom stereocenters. The van der Waals surface area contributed by atoms with Crippen molar-refractivity contribution in [1.29, 1.82) is 0 Å². The predicted octanol–water partition coefficient (Wildman–Crippen LogP) is 3.52. The highest BCUT2D eigenvalue weighted by molar-refractivity contribution is 5.91. The first-order valence-electron chi connectivity index (χ1n) is 7.94. The fraction of sp³-hybridized carbons (Fsp3) is 0.316. The number of hydrogen-bond donors (Lipinski definition) is 2. The lowest BCUT2D eigenvalue weighted by atomic mass is 10.0. The normalized spacial score (nSPS) is 11.5. The van der Waals surface area contributed by atoms with Gasteiger partial charge in [-0.25, -0.2) is 4.79 Å². The van der Waals surface area contributed by atoms with E-state index in [4.69, 9.17) is 14.2 Å². The Bertz CT molecular complexity index is 718. The summed E-state index contributed by atoms with van der Waals surface area (Å²) in [6.45, 7) is 2.37. The highest BCUT2D eigenvalue weighted by Gasteiger charge is 2.15. The second-order valence-electron chi connectivity index (χ2n) is 5.48. The summed E-state index contributed by atoms with van der Waals surface area (Å²) in [6, 6.07) is 12.8. The molecule has 2 rings (SSSR count). The van der Waals surface area contributed by atoms with Gasteiger partial charge in [-0.15, -0.1) is 0 Å². The number of benzene rings is 2. The second-order valence-corrected chi connectivity index (χ2v) is 5.48. The number of urea groups is 1. The Morgan fingerprint density at radius 2 is 1.84 bits per heavy atom. The molecular weight excluding hydrogens is 320 g/mol. The van der Waals surface area contributed by atoms with Crippen LogP contribution in [0.25, 0.3) is 0 Å². The molecular formula is C19H24N2O4. The molecule has 0 saturated heterocycles. The van der Waals surface area contributed by atoms with Crippen LogP contribution in [-0.4, -0.2) is 33.9 Å². The molecule has 2 aromatic carbocycles. The Hall–Kier alpha value is -2.73. The van der Waals surface area contributed by atoms with Gasteiger partial charge in [0.2, 0.25) is 0 Å². The minimum atomic E-state index is -0.334. The van der Waals surface area contributed by atoms with Gasteiger partial charge in [0, 0.05) is 19.7 Å². The zero-order chi connectivity index (χ0) is 18.2. The van der Waals surface area contributed by atoms with Crippen molar-refractivity contribution in [2.24, 2.45) is 0 Å². The fourth-order valence-corrected chi connectivity index (χ4v) is 2.52. The quantitative estimate of drug-likeness (QED) is 0.806. The standard InChI is InChI=1S/C19H24N2O4/c1-13-7-5-6-8-15(13)18(25-4)12-20-19(22)21-16-10-9-14(23-2)11-17(16)24-3/h5-11,18H,12H2,1-4H3,(H2,20,21,22). The third-order valence-corrected chi connectivity index (χ3v) is 3.92. The van der Waals surface area contributed by atoms with E-state index in [0.29, 0.717) is 23.7 Å². The molecule has 25 heavy (non-hydrogen) atoms. The van der Waals surface area contributed by atoms with E-state index in [1.807, 2.05) is 31.2 Å². The van der Waals surface area contributed by atoms with Crippen molar-refractivity contribution in [3.8, 4) is 11.5 Å². The number of amides is 2. The van der Waals surface area contributed by atoms with E-state index < -0.39 is 0 Å². The molecule has 1 atom stereocenters. The maximum absolute atomic E-state index is 12.2. The first kappa shape index (κ1) is 18.6. The minimum Gasteiger partial charge on any atom is -0.497 e. The van der Waals surface area contributed by atoms with Crippen molar-refractivity contribution in [1.82, 2.24) is 5.32 Å². The van der Waals surface area contributed by atoms with Gasteiger partial charge in [-0.2, -0.15) is 0 Å². The van der Waals surface area contributed by atoms with Crippen LogP contribution in [0.15, 0.2) is 42.5 Å². The molecule has 0 fully saturated rings. The Labute approximate surface area is 148 Å². The maximum atomic E-state index is 12.2. The predicted molar refractivity (Wildman–Crippen MR) is 97.5 cm³/mol. The van der Waals surface area contributed by atoms with Gasteiger partial charge in [-0.05, 0) is 30.2 Å². The molecule has 2 N–H and O–H groups in total. The largest absolute Gasteiger partial charge is 0.497 e. The molecule has 0 aliphatic carbocycles. The van der Waals surface area contributed by atoms with Crippen molar-refractivity contribution in [3.05, 3.63) is 53.6 Å². The average Bonchev–Trinajstić information content (AvgIpc) is 2.63. The number of ether oxygens (including phenoxy) is 3. The minimum absolute atomic E-state index is 0.218. The van der Waals surface area contributed by atoms with Gasteiger partial charge in [0.05, 0.1) is 26.0 Å². The first-order chi connectivity index (χ1) is 12.1. The molecule has 0 saturated carbocycles. The monoisotopic (exact) mass is 344 g/mol. The third-order valence-electron chi connectivity index (χ3n) is 3.92. The molecule has 0 heterocycles. The van der Waals surface area contributed by atoms with Crippen LogP contribution in [0, 0.1) is 6.92 Å². The van der Waals surface area contributed by atoms with Crippen LogP contribution in [-0.2, 0) is 4.74 Å². The molecule has 2 amide bonds. The van der Waals surface area contributed by atoms with E-state index in [1.165, 1.54) is 7.11 Å². The lowest BCUT2D eigenvalue weighted by Gasteiger charge is -2.19. The van der Waals surface area contributed by atoms with Crippen LogP contribution in [0.3, 0.4) is 0 Å². The Kier molecular flexibility index (Phi) is 6.65. The summed E-state index contributed by atoms with van der Waals surface area (Å²) in [7, 11) is 4.74. The topological polar surface area (TPSA) is 68.8 Å². The third kappa shape index (κ3) is 4.87. The van der Waals surface area contributed by atoms with Crippen molar-refractivity contribution in [2.75, 3.05) is 33.2 Å². The van der Waals surface area contributed by atoms with Crippen LogP contribution in [0.2, 0.25) is 0 Å². The summed E-state index contributed by atoms with van der Waals surface area (Å²) < 4.78 is 15.9. The molecule has 6 heteroatoms. The Morgan fingerprint density at radius 3 is 2.48 bits per heavy atom. The smallest absolute Gasteiger partial charge is 0.319 e. The molecule has 134 valence electrons. The fourth-order valence-electron chi connectivity index (χ4n) is 2.52. The number of hydrogen-bond acceptors (Lipinski definition) is 4. The average molecular weight is 344 g/mol. The van der Waals surface area contributed by atoms with E-state index in [2.05, 4.69) is 10.6 Å². The number of anilines is 1. The number of aryl methyl sites for hydroxylation is 1. The van der Waals surface area contributed by atoms with Crippen LogP contribution >= 0.6 is 0 Å². The summed E-state index contributed by atoms with van der Waals surface area (Å²) in [4.78, 5) is 12.2. The summed E-state index contributed by atoms with van der Waals surface area (Å²) in [5, 5.41) is 5.60. The van der Waals surface area contributed by atoms with Crippen LogP contribution < -0.4 is 20.1 Å². The van der Waals surface area contributed by atoms with Crippen molar-refractivity contribution >= 4 is 11.7 Å². The highest BCUT2D eigenvalue weighted by Crippen LogP contribution is 2.29. The molecule has 2 aromatic rings. The first-order valence-corrected chi connectivity index (χ1v) is 7.94. The van der Waals surface area contributed by atoms with Gasteiger partial charge >= 0.3 is 6.03 Å². The molecule has 0 bridgehead atoms. The summed E-state index contributed by atoms with van der Waals surface area (Å²) >= 11 is 0. The van der Waals surface area contributed by atoms with Gasteiger partial charge in [0.15, 0.2) is 0 Å². The van der Waals surface area contributed by atoms with E-state index in [9.17, 15) is 4.79 Å². The second kappa shape index (κ2) is 8.94. The van der Waals surface area contributed by atoms with Gasteiger partial charge in [-0.3, -0.25) is 0 Å². The lowest BCUT2D eigenvalue weighted by molar-refractivity contribution is 0.104. The molecule has 0 aliphatic rings. The zero-order valence-corrected chi connectivity index (χ0v) is 15.0. The summed E-state index contributed by atoms with van der Waals surface area (Å²) in [6.07, 6.45) is -0.218. The van der Waals surface area contributed by atoms with E-state index in [0.717, 1.165) is 11.1 Å². The van der Waals surface area contributed by atoms with Crippen molar-refractivity contribution in [3.63, 3.8) is 0 Å². The summed E-state index contributed by atoms with van der Waals surface area (Å²) in [5.41, 5.74) is 2.73. The number of methoxy groups -OCH3 is 3. The lowest BCUT2D eigenvalue weighted by Crippen LogP contribution is -2.33. The van der Waals surface area contributed by atoms with Gasteiger partial charge < -0.3 is 24.8 Å². The van der Waals surface area contributed by atoms with Crippen LogP contribution in [0.1, 0.15) is 17.2 Å². The van der Waals surface area contributed by atoms with Gasteiger partial charge in [-0.1, -0.05) is 24.3 Å². The number of rotatable bonds is 7. The summed E-state index contributed by atoms with van der Waals surface area (Å²) in [5.74, 6) is 1.18. The van der Waals surface area contributed by atoms with E-state index in [-0.39, 0.29) is 12.1 Å². The van der Waals surface area contributed by atoms with Crippen LogP contribution in [0.5, 0.6) is 11.5 Å². The number of nitrogens with one attached hydrogen (secondary N) is 2. The van der Waals surface area contributed by atoms with Crippen molar-refractivity contribution in [2.45, 2.75) is 13.0 Å². The van der Waals surface area contributed by atoms with Crippen molar-refractivity contribution < 1.29 is 19.0 Å². The Balaban J connectivity index is 1.99. The molecule has 6 nitrogen and oxygen atoms in total. The van der Waals surface area contributed by atoms with Crippen LogP contribution in [0.4, 0.5) is 10.5 Å². The number of carbonyl (C=O) groups is 1. The number of carbonyl (C=O) groups excluding carboxylic acids is 1. The van der Waals surface area contributed by atoms with Gasteiger partial charge in [0.25, 0.3) is 0 Å². The molecule has 0 aliphatic heterocycles. The zero-order valence-electron chi connectivity index (χ0n) is 15.0. The molecule has 0 spiro atoms. The van der Waals surface area contributed by atoms with E-state index in [1.54, 1.807) is 32.4 Å². The molecule has 0 aromatic heterocycles. The van der Waals surface area contributed by atoms with E-state index >= 15 is 0 Å². The Morgan fingerprint density at radius 1 is 1.08 bits per heavy atom. The van der Waals surface area contributed by atoms with Gasteiger partial charge in [0.1, 0.15) is 11.5 Å². The highest BCUT2D eigenvalue weighted by atomic mass is 16.5.